The summed E-state index contributed by atoms with van der Waals surface area (Å²) in [6.45, 7) is 0. The minimum absolute atomic E-state index is 0.0270. The van der Waals surface area contributed by atoms with Crippen LogP contribution in [0.15, 0.2) is 35.5 Å². The van der Waals surface area contributed by atoms with Crippen LogP contribution in [0.2, 0.25) is 0 Å². The van der Waals surface area contributed by atoms with Gasteiger partial charge in [0.1, 0.15) is 5.82 Å². The van der Waals surface area contributed by atoms with Gasteiger partial charge in [0, 0.05) is 35.0 Å². The number of aromatic amines is 1. The fourth-order valence-electron chi connectivity index (χ4n) is 1.24. The smallest absolute Gasteiger partial charge is 0.270 e. The molecule has 15 heavy (non-hydrogen) atoms. The first-order valence-electron chi connectivity index (χ1n) is 4.15. The molecule has 0 saturated carbocycles. The average Bonchev–Trinajstić information content (AvgIpc) is 2.71. The lowest BCUT2D eigenvalue weighted by atomic mass is 10.2. The molecule has 5 nitrogen and oxygen atoms in total. The zero-order valence-electron chi connectivity index (χ0n) is 7.54. The monoisotopic (exact) mass is 221 g/mol. The largest absolute Gasteiger partial charge is 0.345 e. The molecule has 76 valence electrons. The second-order valence-electron chi connectivity index (χ2n) is 2.90. The van der Waals surface area contributed by atoms with Gasteiger partial charge in [0.25, 0.3) is 5.69 Å². The van der Waals surface area contributed by atoms with E-state index >= 15 is 0 Å². The number of hydrogen-bond acceptors (Lipinski definition) is 4. The Kier molecular flexibility index (Phi) is 2.42. The molecule has 2 rings (SSSR count). The summed E-state index contributed by atoms with van der Waals surface area (Å²) in [6, 6.07) is 4.44. The third kappa shape index (κ3) is 1.84. The molecular formula is C9H7N3O2S. The Balaban J connectivity index is 2.55. The maximum atomic E-state index is 10.6. The topological polar surface area (TPSA) is 71.8 Å². The third-order valence-corrected chi connectivity index (χ3v) is 2.33. The summed E-state index contributed by atoms with van der Waals surface area (Å²) in [7, 11) is 0. The molecule has 2 aromatic rings. The first kappa shape index (κ1) is 9.72. The number of aromatic nitrogens is 2. The third-order valence-electron chi connectivity index (χ3n) is 1.94. The average molecular weight is 221 g/mol. The number of thiol groups is 1. The van der Waals surface area contributed by atoms with Gasteiger partial charge in [0.05, 0.1) is 4.92 Å². The molecule has 0 bridgehead atoms. The highest BCUT2D eigenvalue weighted by Crippen LogP contribution is 2.27. The second-order valence-corrected chi connectivity index (χ2v) is 3.38. The normalized spacial score (nSPS) is 10.2. The Hall–Kier alpha value is -1.82. The van der Waals surface area contributed by atoms with E-state index in [0.717, 1.165) is 0 Å². The van der Waals surface area contributed by atoms with Crippen molar-refractivity contribution in [3.8, 4) is 11.4 Å². The van der Waals surface area contributed by atoms with Gasteiger partial charge in [-0.25, -0.2) is 4.98 Å². The van der Waals surface area contributed by atoms with Crippen LogP contribution in [0.4, 0.5) is 5.69 Å². The maximum Gasteiger partial charge on any atom is 0.270 e. The fraction of sp³-hybridized carbons (Fsp3) is 0. The number of hydrogen-bond donors (Lipinski definition) is 2. The van der Waals surface area contributed by atoms with E-state index in [2.05, 4.69) is 22.6 Å². The van der Waals surface area contributed by atoms with E-state index in [-0.39, 0.29) is 5.69 Å². The van der Waals surface area contributed by atoms with Gasteiger partial charge < -0.3 is 4.98 Å². The van der Waals surface area contributed by atoms with Crippen molar-refractivity contribution < 1.29 is 4.92 Å². The van der Waals surface area contributed by atoms with Crippen LogP contribution in [0.3, 0.4) is 0 Å². The number of nitro groups is 1. The highest BCUT2D eigenvalue weighted by Gasteiger charge is 2.11. The van der Waals surface area contributed by atoms with Gasteiger partial charge in [-0.2, -0.15) is 0 Å². The van der Waals surface area contributed by atoms with Gasteiger partial charge in [-0.1, -0.05) is 0 Å². The molecule has 1 N–H and O–H groups in total. The van der Waals surface area contributed by atoms with Crippen LogP contribution in [0, 0.1) is 10.1 Å². The molecular weight excluding hydrogens is 214 g/mol. The van der Waals surface area contributed by atoms with E-state index in [1.807, 2.05) is 0 Å². The maximum absolute atomic E-state index is 10.6. The van der Waals surface area contributed by atoms with Crippen LogP contribution in [-0.4, -0.2) is 14.9 Å². The number of non-ortho nitro benzene ring substituents is 1. The molecule has 0 aliphatic heterocycles. The van der Waals surface area contributed by atoms with Crippen LogP contribution in [0.25, 0.3) is 11.4 Å². The molecule has 0 aliphatic rings. The van der Waals surface area contributed by atoms with E-state index in [1.165, 1.54) is 12.1 Å². The molecule has 6 heteroatoms. The van der Waals surface area contributed by atoms with E-state index in [9.17, 15) is 10.1 Å². The van der Waals surface area contributed by atoms with Gasteiger partial charge >= 0.3 is 0 Å². The highest BCUT2D eigenvalue weighted by atomic mass is 32.1. The number of benzene rings is 1. The molecule has 0 aliphatic carbocycles. The van der Waals surface area contributed by atoms with Gasteiger partial charge in [-0.3, -0.25) is 10.1 Å². The van der Waals surface area contributed by atoms with Crippen molar-refractivity contribution in [1.29, 1.82) is 0 Å². The summed E-state index contributed by atoms with van der Waals surface area (Å²) in [6.07, 6.45) is 3.24. The molecule has 0 saturated heterocycles. The fourth-order valence-corrected chi connectivity index (χ4v) is 1.48. The molecule has 0 radical (unpaired) electrons. The molecule has 0 spiro atoms. The zero-order valence-corrected chi connectivity index (χ0v) is 8.44. The predicted molar refractivity (Wildman–Crippen MR) is 57.9 cm³/mol. The van der Waals surface area contributed by atoms with Gasteiger partial charge in [-0.15, -0.1) is 12.6 Å². The summed E-state index contributed by atoms with van der Waals surface area (Å²) < 4.78 is 0. The van der Waals surface area contributed by atoms with Crippen molar-refractivity contribution in [2.75, 3.05) is 0 Å². The Morgan fingerprint density at radius 1 is 1.47 bits per heavy atom. The number of nitrogens with one attached hydrogen (secondary N) is 1. The molecule has 0 unspecified atom stereocenters. The van der Waals surface area contributed by atoms with E-state index in [0.29, 0.717) is 16.3 Å². The minimum atomic E-state index is -0.445. The Morgan fingerprint density at radius 2 is 2.27 bits per heavy atom. The summed E-state index contributed by atoms with van der Waals surface area (Å²) in [5.74, 6) is 0.573. The number of nitrogens with zero attached hydrogens (tertiary/aromatic N) is 2. The summed E-state index contributed by atoms with van der Waals surface area (Å²) >= 11 is 4.22. The molecule has 0 fully saturated rings. The first-order chi connectivity index (χ1) is 7.18. The second kappa shape index (κ2) is 3.74. The van der Waals surface area contributed by atoms with E-state index in [4.69, 9.17) is 0 Å². The predicted octanol–water partition coefficient (Wildman–Crippen LogP) is 2.27. The van der Waals surface area contributed by atoms with Gasteiger partial charge in [-0.05, 0) is 6.07 Å². The van der Waals surface area contributed by atoms with Crippen molar-refractivity contribution >= 4 is 18.3 Å². The zero-order chi connectivity index (χ0) is 10.8. The lowest BCUT2D eigenvalue weighted by Gasteiger charge is -2.00. The molecule has 0 atom stereocenters. The summed E-state index contributed by atoms with van der Waals surface area (Å²) in [5.41, 5.74) is 0.650. The van der Waals surface area contributed by atoms with Crippen LogP contribution in [0.1, 0.15) is 0 Å². The van der Waals surface area contributed by atoms with Crippen molar-refractivity contribution in [1.82, 2.24) is 9.97 Å². The number of H-pyrrole nitrogens is 1. The minimum Gasteiger partial charge on any atom is -0.345 e. The lowest BCUT2D eigenvalue weighted by molar-refractivity contribution is -0.384. The van der Waals surface area contributed by atoms with Crippen LogP contribution >= 0.6 is 12.6 Å². The number of imidazole rings is 1. The summed E-state index contributed by atoms with van der Waals surface area (Å²) in [4.78, 5) is 17.7. The molecule has 1 heterocycles. The van der Waals surface area contributed by atoms with Gasteiger partial charge in [0.2, 0.25) is 0 Å². The molecule has 1 aromatic carbocycles. The van der Waals surface area contributed by atoms with Crippen molar-refractivity contribution in [3.63, 3.8) is 0 Å². The Morgan fingerprint density at radius 3 is 2.87 bits per heavy atom. The van der Waals surface area contributed by atoms with Crippen molar-refractivity contribution in [2.24, 2.45) is 0 Å². The molecule has 0 amide bonds. The van der Waals surface area contributed by atoms with Gasteiger partial charge in [0.15, 0.2) is 0 Å². The van der Waals surface area contributed by atoms with Crippen LogP contribution in [0.5, 0.6) is 0 Å². The standard InChI is InChI=1S/C9H7N3O2S/c13-12(14)6-1-2-8(15)7(5-6)9-10-3-4-11-9/h1-5,15H,(H,10,11). The molecule has 1 aromatic heterocycles. The lowest BCUT2D eigenvalue weighted by Crippen LogP contribution is -1.90. The Labute approximate surface area is 90.7 Å². The van der Waals surface area contributed by atoms with Crippen molar-refractivity contribution in [3.05, 3.63) is 40.7 Å². The quantitative estimate of drug-likeness (QED) is 0.464. The first-order valence-corrected chi connectivity index (χ1v) is 4.60. The number of nitro benzene ring substituents is 1. The number of rotatable bonds is 2. The summed E-state index contributed by atoms with van der Waals surface area (Å²) in [5, 5.41) is 10.6. The van der Waals surface area contributed by atoms with E-state index in [1.54, 1.807) is 18.5 Å². The van der Waals surface area contributed by atoms with Crippen LogP contribution in [-0.2, 0) is 0 Å². The van der Waals surface area contributed by atoms with Crippen LogP contribution < -0.4 is 0 Å². The highest BCUT2D eigenvalue weighted by molar-refractivity contribution is 7.80. The van der Waals surface area contributed by atoms with Crippen molar-refractivity contribution in [2.45, 2.75) is 4.90 Å². The van der Waals surface area contributed by atoms with E-state index < -0.39 is 4.92 Å². The SMILES string of the molecule is O=[N+]([O-])c1ccc(S)c(-c2ncc[nH]2)c1. The Bertz CT molecular complexity index is 496.